The number of rotatable bonds is 10. The highest BCUT2D eigenvalue weighted by Gasteiger charge is 2.72. The summed E-state index contributed by atoms with van der Waals surface area (Å²) in [7, 11) is -2.11. The van der Waals surface area contributed by atoms with Gasteiger partial charge in [0.15, 0.2) is 23.5 Å². The molecule has 0 spiro atoms. The fraction of sp³-hybridized carbons (Fsp3) is 0.303. The Labute approximate surface area is 288 Å². The maximum Gasteiger partial charge on any atom is 0.500 e. The van der Waals surface area contributed by atoms with Gasteiger partial charge in [-0.3, -0.25) is 4.57 Å². The van der Waals surface area contributed by atoms with E-state index in [-0.39, 0.29) is 22.8 Å². The molecule has 3 aromatic carbocycles. The Morgan fingerprint density at radius 3 is 1.71 bits per heavy atom. The predicted octanol–water partition coefficient (Wildman–Crippen LogP) is 2.69. The van der Waals surface area contributed by atoms with Gasteiger partial charge in [0.25, 0.3) is 9.84 Å². The largest absolute Gasteiger partial charge is 0.500 e. The number of nitrogen functional groups attached to an aromatic ring is 1. The van der Waals surface area contributed by atoms with Crippen LogP contribution in [0.5, 0.6) is 17.2 Å². The summed E-state index contributed by atoms with van der Waals surface area (Å²) in [5.41, 5.74) is 0.0848. The predicted molar refractivity (Wildman–Crippen MR) is 175 cm³/mol. The van der Waals surface area contributed by atoms with E-state index in [1.807, 2.05) is 0 Å². The smallest absolute Gasteiger partial charge is 0.497 e. The fourth-order valence-corrected chi connectivity index (χ4v) is 7.60. The highest BCUT2D eigenvalue weighted by Crippen LogP contribution is 2.49. The van der Waals surface area contributed by atoms with Gasteiger partial charge in [0, 0.05) is 0 Å². The Kier molecular flexibility index (Phi) is 9.09. The molecule has 5 N–H and O–H groups in total. The van der Waals surface area contributed by atoms with Crippen molar-refractivity contribution in [2.24, 2.45) is 0 Å². The van der Waals surface area contributed by atoms with Crippen molar-refractivity contribution in [1.29, 1.82) is 0 Å². The van der Waals surface area contributed by atoms with Crippen LogP contribution in [0.4, 0.5) is 19.0 Å². The van der Waals surface area contributed by atoms with E-state index in [2.05, 4.69) is 9.97 Å². The lowest BCUT2D eigenvalue weighted by Gasteiger charge is -2.35. The third-order valence-electron chi connectivity index (χ3n) is 8.95. The zero-order valence-electron chi connectivity index (χ0n) is 27.1. The van der Waals surface area contributed by atoms with Crippen LogP contribution in [0.2, 0.25) is 0 Å². The van der Waals surface area contributed by atoms with Gasteiger partial charge in [0.1, 0.15) is 40.4 Å². The van der Waals surface area contributed by atoms with Crippen LogP contribution >= 0.6 is 0 Å². The maximum atomic E-state index is 14.0. The molecule has 18 heteroatoms. The second-order valence-corrected chi connectivity index (χ2v) is 13.7. The summed E-state index contributed by atoms with van der Waals surface area (Å²) in [4.78, 5) is 9.47. The molecule has 1 fully saturated rings. The zero-order chi connectivity index (χ0) is 36.9. The molecule has 6 rings (SSSR count). The Bertz CT molecular complexity index is 2030. The first-order valence-corrected chi connectivity index (χ1v) is 16.6. The lowest BCUT2D eigenvalue weighted by atomic mass is 9.68. The molecule has 0 bridgehead atoms. The normalized spacial score (nSPS) is 21.2. The van der Waals surface area contributed by atoms with Crippen LogP contribution in [0.1, 0.15) is 28.7 Å². The molecule has 51 heavy (non-hydrogen) atoms. The van der Waals surface area contributed by atoms with E-state index in [0.717, 1.165) is 6.33 Å². The van der Waals surface area contributed by atoms with Crippen molar-refractivity contribution in [2.75, 3.05) is 33.7 Å². The average Bonchev–Trinajstić information content (AvgIpc) is 3.67. The molecule has 5 aromatic rings. The summed E-state index contributed by atoms with van der Waals surface area (Å²) in [5.74, 6) is 1.23. The molecule has 1 saturated heterocycles. The number of sulfone groups is 1. The van der Waals surface area contributed by atoms with E-state index >= 15 is 0 Å². The lowest BCUT2D eigenvalue weighted by Crippen LogP contribution is -2.57. The van der Waals surface area contributed by atoms with Gasteiger partial charge in [0.05, 0.1) is 34.3 Å². The molecule has 270 valence electrons. The van der Waals surface area contributed by atoms with E-state index in [1.54, 1.807) is 72.8 Å². The first kappa shape index (κ1) is 35.8. The monoisotopic (exact) mass is 731 g/mol. The Hall–Kier alpha value is -5.01. The number of ether oxygens (including phenoxy) is 4. The standard InChI is InChI=1S/C33H32F3N5O9S/c1-47-21-10-4-18(5-11-21)31(19-6-12-22(48-2)13-7-19,20-8-14-23(49-3)15-9-20)29-39-27(37)25-28(40-29)41(17-38-25)30-32(44,26(43)24(16-42)50-30)51(45,46)33(34,35)36/h4-15,17,24,26,30,42-44H,16H2,1-3H3,(H2,37,39,40)/t24-,26-,30-,32+/m1/s1. The minimum Gasteiger partial charge on any atom is -0.497 e. The van der Waals surface area contributed by atoms with Gasteiger partial charge in [0.2, 0.25) is 4.93 Å². The van der Waals surface area contributed by atoms with E-state index in [4.69, 9.17) is 29.7 Å². The number of benzene rings is 3. The van der Waals surface area contributed by atoms with Crippen molar-refractivity contribution < 1.29 is 55.9 Å². The summed E-state index contributed by atoms with van der Waals surface area (Å²) in [5, 5.41) is 31.8. The van der Waals surface area contributed by atoms with Crippen LogP contribution in [0, 0.1) is 0 Å². The second-order valence-electron chi connectivity index (χ2n) is 11.5. The number of aliphatic hydroxyl groups is 3. The first-order valence-electron chi connectivity index (χ1n) is 15.1. The van der Waals surface area contributed by atoms with Crippen molar-refractivity contribution >= 4 is 26.8 Å². The molecule has 0 unspecified atom stereocenters. The van der Waals surface area contributed by atoms with Crippen LogP contribution in [-0.2, 0) is 20.0 Å². The molecule has 0 saturated carbocycles. The van der Waals surface area contributed by atoms with Crippen molar-refractivity contribution in [3.05, 3.63) is 102 Å². The van der Waals surface area contributed by atoms with Crippen molar-refractivity contribution in [3.63, 3.8) is 0 Å². The Balaban J connectivity index is 1.70. The number of aromatic nitrogens is 4. The topological polar surface area (TPSA) is 201 Å². The van der Waals surface area contributed by atoms with Crippen LogP contribution in [0.3, 0.4) is 0 Å². The number of methoxy groups -OCH3 is 3. The lowest BCUT2D eigenvalue weighted by molar-refractivity contribution is -0.0847. The number of nitrogens with zero attached hydrogens (tertiary/aromatic N) is 4. The number of aliphatic hydroxyl groups excluding tert-OH is 2. The molecule has 1 aliphatic rings. The fourth-order valence-electron chi connectivity index (χ4n) is 6.32. The van der Waals surface area contributed by atoms with Gasteiger partial charge in [-0.1, -0.05) is 36.4 Å². The van der Waals surface area contributed by atoms with Gasteiger partial charge in [-0.15, -0.1) is 0 Å². The van der Waals surface area contributed by atoms with Gasteiger partial charge in [-0.2, -0.15) is 13.2 Å². The molecule has 0 amide bonds. The molecule has 2 aromatic heterocycles. The number of anilines is 1. The van der Waals surface area contributed by atoms with Crippen LogP contribution in [-0.4, -0.2) is 93.8 Å². The molecule has 4 atom stereocenters. The summed E-state index contributed by atoms with van der Waals surface area (Å²) < 4.78 is 90.1. The maximum absolute atomic E-state index is 14.0. The molecular weight excluding hydrogens is 699 g/mol. The highest BCUT2D eigenvalue weighted by atomic mass is 32.2. The Morgan fingerprint density at radius 1 is 0.863 bits per heavy atom. The van der Waals surface area contributed by atoms with E-state index in [1.165, 1.54) is 21.3 Å². The number of alkyl halides is 3. The second kappa shape index (κ2) is 13.0. The van der Waals surface area contributed by atoms with Crippen LogP contribution < -0.4 is 19.9 Å². The van der Waals surface area contributed by atoms with Gasteiger partial charge < -0.3 is 40.0 Å². The summed E-state index contributed by atoms with van der Waals surface area (Å²) >= 11 is 0. The molecule has 0 radical (unpaired) electrons. The first-order chi connectivity index (χ1) is 24.2. The van der Waals surface area contributed by atoms with Gasteiger partial charge in [-0.25, -0.2) is 23.4 Å². The molecule has 14 nitrogen and oxygen atoms in total. The third-order valence-corrected chi connectivity index (χ3v) is 10.9. The molecule has 1 aliphatic heterocycles. The van der Waals surface area contributed by atoms with E-state index < -0.39 is 50.7 Å². The average molecular weight is 732 g/mol. The summed E-state index contributed by atoms with van der Waals surface area (Å²) in [6.45, 7) is -1.14. The number of nitrogens with two attached hydrogens (primary N) is 1. The molecule has 3 heterocycles. The number of hydrogen-bond donors (Lipinski definition) is 4. The quantitative estimate of drug-likeness (QED) is 0.153. The van der Waals surface area contributed by atoms with E-state index in [0.29, 0.717) is 38.5 Å². The van der Waals surface area contributed by atoms with Crippen molar-refractivity contribution in [1.82, 2.24) is 19.5 Å². The van der Waals surface area contributed by atoms with Gasteiger partial charge >= 0.3 is 5.51 Å². The SMILES string of the molecule is COc1ccc(C(c2ccc(OC)cc2)(c2ccc(OC)cc2)c2nc(N)c3ncn([C@@H]4O[C@H](CO)[C@@H](O)[C@]4(O)S(=O)(=O)C(F)(F)F)c3n2)cc1. The number of hydrogen-bond acceptors (Lipinski definition) is 13. The number of halogens is 3. The van der Waals surface area contributed by atoms with Gasteiger partial charge in [-0.05, 0) is 53.1 Å². The van der Waals surface area contributed by atoms with Crippen molar-refractivity contribution in [2.45, 2.75) is 34.3 Å². The summed E-state index contributed by atoms with van der Waals surface area (Å²) in [6, 6.07) is 20.7. The van der Waals surface area contributed by atoms with Crippen LogP contribution in [0.25, 0.3) is 11.2 Å². The highest BCUT2D eigenvalue weighted by molar-refractivity contribution is 7.93. The third kappa shape index (κ3) is 5.41. The minimum absolute atomic E-state index is 0.0609. The minimum atomic E-state index is -6.60. The summed E-state index contributed by atoms with van der Waals surface area (Å²) in [6.07, 6.45) is -6.36. The van der Waals surface area contributed by atoms with Crippen molar-refractivity contribution in [3.8, 4) is 17.2 Å². The number of imidazole rings is 1. The molecular formula is C33H32F3N5O9S. The Morgan fingerprint density at radius 2 is 1.31 bits per heavy atom. The number of fused-ring (bicyclic) bond motifs is 1. The van der Waals surface area contributed by atoms with E-state index in [9.17, 15) is 36.9 Å². The molecule has 0 aliphatic carbocycles. The van der Waals surface area contributed by atoms with Crippen LogP contribution in [0.15, 0.2) is 79.1 Å². The zero-order valence-corrected chi connectivity index (χ0v) is 28.0.